The van der Waals surface area contributed by atoms with Crippen LogP contribution in [0.5, 0.6) is 0 Å². The van der Waals surface area contributed by atoms with Crippen molar-refractivity contribution in [1.29, 1.82) is 0 Å². The maximum atomic E-state index is 4.65. The van der Waals surface area contributed by atoms with Gasteiger partial charge in [0.2, 0.25) is 0 Å². The molecule has 0 bridgehead atoms. The first-order chi connectivity index (χ1) is 8.88. The predicted molar refractivity (Wildman–Crippen MR) is 77.0 cm³/mol. The predicted octanol–water partition coefficient (Wildman–Crippen LogP) is 4.24. The normalized spacial score (nSPS) is 10.4. The highest BCUT2D eigenvalue weighted by Crippen LogP contribution is 2.28. The molecule has 0 saturated carbocycles. The summed E-state index contributed by atoms with van der Waals surface area (Å²) < 4.78 is 1.89. The highest BCUT2D eigenvalue weighted by molar-refractivity contribution is 7.13. The third kappa shape index (κ3) is 1.89. The lowest BCUT2D eigenvalue weighted by Gasteiger charge is -1.99. The van der Waals surface area contributed by atoms with Crippen LogP contribution in [0.2, 0.25) is 0 Å². The molecule has 3 rings (SSSR count). The average molecular weight is 252 g/mol. The summed E-state index contributed by atoms with van der Waals surface area (Å²) in [5.74, 6) is 0. The summed E-state index contributed by atoms with van der Waals surface area (Å²) in [4.78, 5) is 1.17. The van der Waals surface area contributed by atoms with Crippen molar-refractivity contribution in [3.8, 4) is 16.3 Å². The van der Waals surface area contributed by atoms with E-state index in [9.17, 15) is 0 Å². The quantitative estimate of drug-likeness (QED) is 0.681. The molecule has 1 aromatic carbocycles. The number of benzene rings is 1. The van der Waals surface area contributed by atoms with E-state index in [1.807, 2.05) is 53.4 Å². The average Bonchev–Trinajstić information content (AvgIpc) is 3.08. The monoisotopic (exact) mass is 252 g/mol. The van der Waals surface area contributed by atoms with Gasteiger partial charge in [-0.05, 0) is 23.6 Å². The van der Waals surface area contributed by atoms with Gasteiger partial charge in [-0.2, -0.15) is 5.10 Å². The lowest BCUT2D eigenvalue weighted by Crippen LogP contribution is -1.93. The van der Waals surface area contributed by atoms with E-state index in [0.717, 1.165) is 16.9 Å². The maximum Gasteiger partial charge on any atom is 0.110 e. The second kappa shape index (κ2) is 4.63. The Morgan fingerprint density at radius 3 is 2.61 bits per heavy atom. The molecule has 18 heavy (non-hydrogen) atoms. The largest absolute Gasteiger partial charge is 0.240 e. The van der Waals surface area contributed by atoms with Crippen molar-refractivity contribution in [2.75, 3.05) is 0 Å². The Kier molecular flexibility index (Phi) is 2.82. The number of rotatable bonds is 3. The molecule has 0 saturated heterocycles. The minimum atomic E-state index is 0.990. The SMILES string of the molecule is C=Cc1cn(-c2ccccc2)nc1-c1cccs1. The third-order valence-corrected chi connectivity index (χ3v) is 3.61. The van der Waals surface area contributed by atoms with Gasteiger partial charge >= 0.3 is 0 Å². The Morgan fingerprint density at radius 1 is 1.11 bits per heavy atom. The molecule has 0 aliphatic rings. The van der Waals surface area contributed by atoms with E-state index >= 15 is 0 Å². The van der Waals surface area contributed by atoms with E-state index in [-0.39, 0.29) is 0 Å². The lowest BCUT2D eigenvalue weighted by atomic mass is 10.2. The van der Waals surface area contributed by atoms with E-state index in [1.165, 1.54) is 4.88 Å². The highest BCUT2D eigenvalue weighted by Gasteiger charge is 2.10. The van der Waals surface area contributed by atoms with Crippen LogP contribution in [0.1, 0.15) is 5.56 Å². The molecule has 2 nitrogen and oxygen atoms in total. The minimum absolute atomic E-state index is 0.990. The second-order valence-corrected chi connectivity index (χ2v) is 4.84. The highest BCUT2D eigenvalue weighted by atomic mass is 32.1. The molecule has 88 valence electrons. The van der Waals surface area contributed by atoms with Gasteiger partial charge in [0.05, 0.1) is 10.6 Å². The molecule has 0 N–H and O–H groups in total. The Balaban J connectivity index is 2.12. The first-order valence-electron chi connectivity index (χ1n) is 5.70. The van der Waals surface area contributed by atoms with Crippen LogP contribution in [-0.2, 0) is 0 Å². The Morgan fingerprint density at radius 2 is 1.94 bits per heavy atom. The zero-order chi connectivity index (χ0) is 12.4. The topological polar surface area (TPSA) is 17.8 Å². The lowest BCUT2D eigenvalue weighted by molar-refractivity contribution is 0.885. The van der Waals surface area contributed by atoms with Crippen molar-refractivity contribution in [3.63, 3.8) is 0 Å². The number of hydrogen-bond donors (Lipinski definition) is 0. The van der Waals surface area contributed by atoms with Gasteiger partial charge in [0.15, 0.2) is 0 Å². The first kappa shape index (κ1) is 11.0. The molecule has 0 amide bonds. The van der Waals surface area contributed by atoms with Gasteiger partial charge in [-0.25, -0.2) is 4.68 Å². The van der Waals surface area contributed by atoms with Crippen LogP contribution in [0.25, 0.3) is 22.3 Å². The van der Waals surface area contributed by atoms with Crippen molar-refractivity contribution >= 4 is 17.4 Å². The summed E-state index contributed by atoms with van der Waals surface area (Å²) in [5, 5.41) is 6.71. The molecule has 0 atom stereocenters. The summed E-state index contributed by atoms with van der Waals surface area (Å²) >= 11 is 1.69. The molecule has 2 heterocycles. The molecule has 3 aromatic rings. The zero-order valence-electron chi connectivity index (χ0n) is 9.78. The van der Waals surface area contributed by atoms with Crippen LogP contribution in [0.15, 0.2) is 60.6 Å². The van der Waals surface area contributed by atoms with Crippen LogP contribution < -0.4 is 0 Å². The fraction of sp³-hybridized carbons (Fsp3) is 0. The summed E-state index contributed by atoms with van der Waals surface area (Å²) in [7, 11) is 0. The van der Waals surface area contributed by atoms with Crippen molar-refractivity contribution in [3.05, 3.63) is 66.2 Å². The maximum absolute atomic E-state index is 4.65. The van der Waals surface area contributed by atoms with Crippen LogP contribution in [0, 0.1) is 0 Å². The van der Waals surface area contributed by atoms with Crippen molar-refractivity contribution in [1.82, 2.24) is 9.78 Å². The second-order valence-electron chi connectivity index (χ2n) is 3.89. The van der Waals surface area contributed by atoms with E-state index < -0.39 is 0 Å². The van der Waals surface area contributed by atoms with Crippen LogP contribution >= 0.6 is 11.3 Å². The molecule has 0 aliphatic carbocycles. The Bertz CT molecular complexity index is 651. The molecule has 3 heteroatoms. The van der Waals surface area contributed by atoms with Gasteiger partial charge in [0, 0.05) is 11.8 Å². The zero-order valence-corrected chi connectivity index (χ0v) is 10.6. The summed E-state index contributed by atoms with van der Waals surface area (Å²) in [6.45, 7) is 3.86. The van der Waals surface area contributed by atoms with Crippen molar-refractivity contribution in [2.45, 2.75) is 0 Å². The summed E-state index contributed by atoms with van der Waals surface area (Å²) in [6, 6.07) is 14.2. The first-order valence-corrected chi connectivity index (χ1v) is 6.58. The van der Waals surface area contributed by atoms with Crippen molar-refractivity contribution in [2.24, 2.45) is 0 Å². The van der Waals surface area contributed by atoms with Gasteiger partial charge in [-0.15, -0.1) is 11.3 Å². The molecule has 0 fully saturated rings. The number of para-hydroxylation sites is 1. The van der Waals surface area contributed by atoms with Gasteiger partial charge < -0.3 is 0 Å². The fourth-order valence-electron chi connectivity index (χ4n) is 1.85. The van der Waals surface area contributed by atoms with E-state index in [4.69, 9.17) is 0 Å². The summed E-state index contributed by atoms with van der Waals surface area (Å²) in [5.41, 5.74) is 3.11. The molecule has 0 spiro atoms. The Hall–Kier alpha value is -2.13. The minimum Gasteiger partial charge on any atom is -0.240 e. The van der Waals surface area contributed by atoms with Crippen LogP contribution in [0.3, 0.4) is 0 Å². The number of hydrogen-bond acceptors (Lipinski definition) is 2. The van der Waals surface area contributed by atoms with Gasteiger partial charge in [-0.3, -0.25) is 0 Å². The molecular formula is C15H12N2S. The van der Waals surface area contributed by atoms with E-state index in [2.05, 4.69) is 23.1 Å². The molecular weight excluding hydrogens is 240 g/mol. The van der Waals surface area contributed by atoms with Gasteiger partial charge in [0.25, 0.3) is 0 Å². The van der Waals surface area contributed by atoms with Gasteiger partial charge in [-0.1, -0.05) is 36.9 Å². The molecule has 2 aromatic heterocycles. The van der Waals surface area contributed by atoms with Gasteiger partial charge in [0.1, 0.15) is 5.69 Å². The smallest absolute Gasteiger partial charge is 0.110 e. The standard InChI is InChI=1S/C15H12N2S/c1-2-12-11-17(13-7-4-3-5-8-13)16-15(12)14-9-6-10-18-14/h2-11H,1H2. The van der Waals surface area contributed by atoms with E-state index in [1.54, 1.807) is 11.3 Å². The van der Waals surface area contributed by atoms with Crippen LogP contribution in [0.4, 0.5) is 0 Å². The molecule has 0 unspecified atom stereocenters. The number of aromatic nitrogens is 2. The molecule has 0 radical (unpaired) electrons. The number of thiophene rings is 1. The summed E-state index contributed by atoms with van der Waals surface area (Å²) in [6.07, 6.45) is 3.86. The fourth-order valence-corrected chi connectivity index (χ4v) is 2.59. The molecule has 0 aliphatic heterocycles. The van der Waals surface area contributed by atoms with E-state index in [0.29, 0.717) is 0 Å². The Labute approximate surface area is 110 Å². The number of nitrogens with zero attached hydrogens (tertiary/aromatic N) is 2. The van der Waals surface area contributed by atoms with Crippen LogP contribution in [-0.4, -0.2) is 9.78 Å². The van der Waals surface area contributed by atoms with Crippen molar-refractivity contribution < 1.29 is 0 Å². The third-order valence-electron chi connectivity index (χ3n) is 2.74.